The summed E-state index contributed by atoms with van der Waals surface area (Å²) in [5.41, 5.74) is 0.522. The molecule has 2 fully saturated rings. The standard InChI is InChI=1S/C23H29B2NO4/c1-20(2)21(3,4)28-24(27-20)18-10-9-15-11-17(14-26)19(13-16(15)12-18)25-29-22(5,6)23(7,8)30-25/h9-13H,1-8H3. The van der Waals surface area contributed by atoms with E-state index in [9.17, 15) is 5.26 Å². The van der Waals surface area contributed by atoms with Crippen molar-refractivity contribution in [3.8, 4) is 6.07 Å². The Labute approximate surface area is 179 Å². The molecule has 0 amide bonds. The maximum Gasteiger partial charge on any atom is 0.496 e. The van der Waals surface area contributed by atoms with Crippen LogP contribution in [0.15, 0.2) is 30.3 Å². The van der Waals surface area contributed by atoms with Gasteiger partial charge in [-0.3, -0.25) is 0 Å². The average molecular weight is 405 g/mol. The molecule has 0 bridgehead atoms. The van der Waals surface area contributed by atoms with E-state index in [2.05, 4.69) is 12.1 Å². The number of hydrogen-bond donors (Lipinski definition) is 0. The smallest absolute Gasteiger partial charge is 0.399 e. The van der Waals surface area contributed by atoms with E-state index in [0.29, 0.717) is 5.56 Å². The molecule has 0 saturated carbocycles. The van der Waals surface area contributed by atoms with Gasteiger partial charge in [-0.15, -0.1) is 0 Å². The Balaban J connectivity index is 1.74. The molecule has 2 aromatic carbocycles. The van der Waals surface area contributed by atoms with Crippen LogP contribution in [0, 0.1) is 11.3 Å². The highest BCUT2D eigenvalue weighted by Crippen LogP contribution is 2.38. The predicted octanol–water partition coefficient (Wildman–Crippen LogP) is 3.31. The monoisotopic (exact) mass is 405 g/mol. The molecular weight excluding hydrogens is 376 g/mol. The van der Waals surface area contributed by atoms with Gasteiger partial charge in [0.15, 0.2) is 0 Å². The Bertz CT molecular complexity index is 1020. The van der Waals surface area contributed by atoms with Gasteiger partial charge in [0, 0.05) is 5.46 Å². The largest absolute Gasteiger partial charge is 0.496 e. The summed E-state index contributed by atoms with van der Waals surface area (Å²) in [6.07, 6.45) is 0. The van der Waals surface area contributed by atoms with Crippen molar-refractivity contribution in [2.45, 2.75) is 77.8 Å². The summed E-state index contributed by atoms with van der Waals surface area (Å²) in [6, 6.07) is 12.3. The molecule has 2 saturated heterocycles. The van der Waals surface area contributed by atoms with E-state index in [1.807, 2.05) is 79.7 Å². The first-order chi connectivity index (χ1) is 13.8. The Hall–Kier alpha value is -1.84. The number of rotatable bonds is 2. The third kappa shape index (κ3) is 3.27. The normalized spacial score (nSPS) is 23.7. The number of benzene rings is 2. The van der Waals surface area contributed by atoms with Gasteiger partial charge in [0.1, 0.15) is 0 Å². The Morgan fingerprint density at radius 2 is 1.17 bits per heavy atom. The number of fused-ring (bicyclic) bond motifs is 1. The van der Waals surface area contributed by atoms with Gasteiger partial charge in [-0.2, -0.15) is 5.26 Å². The van der Waals surface area contributed by atoms with Crippen LogP contribution in [0.5, 0.6) is 0 Å². The van der Waals surface area contributed by atoms with Crippen LogP contribution in [0.3, 0.4) is 0 Å². The topological polar surface area (TPSA) is 60.7 Å². The van der Waals surface area contributed by atoms with Crippen LogP contribution in [-0.2, 0) is 18.6 Å². The second kappa shape index (κ2) is 6.58. The second-order valence-electron chi connectivity index (χ2n) is 10.3. The van der Waals surface area contributed by atoms with Crippen molar-refractivity contribution < 1.29 is 18.6 Å². The lowest BCUT2D eigenvalue weighted by atomic mass is 9.73. The number of nitriles is 1. The molecule has 156 valence electrons. The maximum absolute atomic E-state index is 9.74. The van der Waals surface area contributed by atoms with Crippen molar-refractivity contribution in [3.05, 3.63) is 35.9 Å². The van der Waals surface area contributed by atoms with Gasteiger partial charge >= 0.3 is 14.2 Å². The van der Waals surface area contributed by atoms with Gasteiger partial charge in [0.25, 0.3) is 0 Å². The zero-order valence-electron chi connectivity index (χ0n) is 19.1. The van der Waals surface area contributed by atoms with Crippen molar-refractivity contribution in [2.75, 3.05) is 0 Å². The highest BCUT2D eigenvalue weighted by atomic mass is 16.7. The summed E-state index contributed by atoms with van der Waals surface area (Å²) in [4.78, 5) is 0. The first kappa shape index (κ1) is 21.4. The first-order valence-electron chi connectivity index (χ1n) is 10.5. The molecule has 0 aliphatic carbocycles. The number of hydrogen-bond acceptors (Lipinski definition) is 5. The molecule has 7 heteroatoms. The second-order valence-corrected chi connectivity index (χ2v) is 10.3. The Kier molecular flexibility index (Phi) is 4.69. The Morgan fingerprint density at radius 1 is 0.667 bits per heavy atom. The molecule has 0 N–H and O–H groups in total. The highest BCUT2D eigenvalue weighted by Gasteiger charge is 2.53. The van der Waals surface area contributed by atoms with E-state index in [1.54, 1.807) is 0 Å². The third-order valence-electron chi connectivity index (χ3n) is 7.19. The molecule has 4 rings (SSSR count). The van der Waals surface area contributed by atoms with Gasteiger partial charge in [-0.05, 0) is 77.7 Å². The fourth-order valence-corrected chi connectivity index (χ4v) is 3.72. The van der Waals surface area contributed by atoms with Gasteiger partial charge < -0.3 is 18.6 Å². The van der Waals surface area contributed by atoms with Crippen LogP contribution in [0.1, 0.15) is 61.0 Å². The molecule has 2 aliphatic rings. The van der Waals surface area contributed by atoms with Crippen LogP contribution in [0.25, 0.3) is 10.8 Å². The summed E-state index contributed by atoms with van der Waals surface area (Å²) in [5, 5.41) is 11.7. The lowest BCUT2D eigenvalue weighted by Crippen LogP contribution is -2.41. The molecule has 0 radical (unpaired) electrons. The predicted molar refractivity (Wildman–Crippen MR) is 120 cm³/mol. The third-order valence-corrected chi connectivity index (χ3v) is 7.19. The SMILES string of the molecule is CC1(C)OB(c2ccc3cc(C#N)c(B4OC(C)(C)C(C)(C)O4)cc3c2)OC1(C)C. The first-order valence-corrected chi connectivity index (χ1v) is 10.5. The molecule has 2 aromatic rings. The molecule has 0 aromatic heterocycles. The molecule has 2 heterocycles. The van der Waals surface area contributed by atoms with Crippen LogP contribution < -0.4 is 10.9 Å². The summed E-state index contributed by atoms with van der Waals surface area (Å²) in [6.45, 7) is 16.2. The summed E-state index contributed by atoms with van der Waals surface area (Å²) >= 11 is 0. The van der Waals surface area contributed by atoms with E-state index in [1.165, 1.54) is 0 Å². The van der Waals surface area contributed by atoms with Crippen molar-refractivity contribution in [2.24, 2.45) is 0 Å². The molecule has 30 heavy (non-hydrogen) atoms. The van der Waals surface area contributed by atoms with Crippen LogP contribution in [-0.4, -0.2) is 36.6 Å². The quantitative estimate of drug-likeness (QED) is 0.718. The van der Waals surface area contributed by atoms with Gasteiger partial charge in [-0.1, -0.05) is 24.3 Å². The van der Waals surface area contributed by atoms with Crippen LogP contribution in [0.2, 0.25) is 0 Å². The summed E-state index contributed by atoms with van der Waals surface area (Å²) in [5.74, 6) is 0. The van der Waals surface area contributed by atoms with Gasteiger partial charge in [-0.25, -0.2) is 0 Å². The van der Waals surface area contributed by atoms with E-state index < -0.39 is 36.6 Å². The van der Waals surface area contributed by atoms with Crippen molar-refractivity contribution in [1.82, 2.24) is 0 Å². The minimum Gasteiger partial charge on any atom is -0.399 e. The van der Waals surface area contributed by atoms with E-state index >= 15 is 0 Å². The average Bonchev–Trinajstić information content (AvgIpc) is 2.99. The highest BCUT2D eigenvalue weighted by molar-refractivity contribution is 6.64. The van der Waals surface area contributed by atoms with E-state index in [-0.39, 0.29) is 0 Å². The summed E-state index contributed by atoms with van der Waals surface area (Å²) < 4.78 is 24.8. The molecule has 0 unspecified atom stereocenters. The zero-order chi connectivity index (χ0) is 22.1. The van der Waals surface area contributed by atoms with Crippen molar-refractivity contribution in [3.63, 3.8) is 0 Å². The molecular formula is C23H29B2NO4. The van der Waals surface area contributed by atoms with Crippen LogP contribution in [0.4, 0.5) is 0 Å². The molecule has 0 spiro atoms. The number of nitrogens with zero attached hydrogens (tertiary/aromatic N) is 1. The molecule has 5 nitrogen and oxygen atoms in total. The lowest BCUT2D eigenvalue weighted by molar-refractivity contribution is 0.00578. The minimum absolute atomic E-state index is 0.398. The molecule has 0 atom stereocenters. The summed E-state index contributed by atoms with van der Waals surface area (Å²) in [7, 11) is -1.02. The zero-order valence-corrected chi connectivity index (χ0v) is 19.1. The maximum atomic E-state index is 9.74. The van der Waals surface area contributed by atoms with Crippen LogP contribution >= 0.6 is 0 Å². The van der Waals surface area contributed by atoms with E-state index in [0.717, 1.165) is 21.7 Å². The lowest BCUT2D eigenvalue weighted by Gasteiger charge is -2.32. The fraction of sp³-hybridized carbons (Fsp3) is 0.522. The molecule has 2 aliphatic heterocycles. The van der Waals surface area contributed by atoms with Crippen molar-refractivity contribution in [1.29, 1.82) is 5.26 Å². The van der Waals surface area contributed by atoms with Gasteiger partial charge in [0.2, 0.25) is 0 Å². The van der Waals surface area contributed by atoms with E-state index in [4.69, 9.17) is 18.6 Å². The fourth-order valence-electron chi connectivity index (χ4n) is 3.72. The van der Waals surface area contributed by atoms with Crippen molar-refractivity contribution >= 4 is 35.9 Å². The minimum atomic E-state index is -0.588. The van der Waals surface area contributed by atoms with Gasteiger partial charge in [0.05, 0.1) is 34.0 Å². The Morgan fingerprint density at radius 3 is 1.67 bits per heavy atom.